The van der Waals surface area contributed by atoms with Crippen molar-refractivity contribution in [3.63, 3.8) is 0 Å². The molecular formula is C23H27N5O2S. The summed E-state index contributed by atoms with van der Waals surface area (Å²) in [5, 5.41) is 10.9. The summed E-state index contributed by atoms with van der Waals surface area (Å²) in [4.78, 5) is 23.2. The van der Waals surface area contributed by atoms with Crippen LogP contribution in [0.5, 0.6) is 0 Å². The van der Waals surface area contributed by atoms with Gasteiger partial charge in [-0.3, -0.25) is 14.7 Å². The van der Waals surface area contributed by atoms with Crippen molar-refractivity contribution in [2.24, 2.45) is 5.73 Å². The van der Waals surface area contributed by atoms with Crippen LogP contribution in [0.3, 0.4) is 0 Å². The highest BCUT2D eigenvalue weighted by Gasteiger charge is 2.23. The Kier molecular flexibility index (Phi) is 6.50. The van der Waals surface area contributed by atoms with Crippen molar-refractivity contribution in [1.82, 2.24) is 20.1 Å². The van der Waals surface area contributed by atoms with Crippen molar-refractivity contribution in [3.8, 4) is 17.1 Å². The number of nitrogens with two attached hydrogens (primary N) is 1. The first-order valence-electron chi connectivity index (χ1n) is 9.97. The molecule has 3 rings (SSSR count). The predicted octanol–water partition coefficient (Wildman–Crippen LogP) is 4.22. The number of carbonyl (C=O) groups is 2. The van der Waals surface area contributed by atoms with E-state index in [9.17, 15) is 9.59 Å². The Balaban J connectivity index is 2.06. The highest BCUT2D eigenvalue weighted by Crippen LogP contribution is 2.32. The average molecular weight is 438 g/mol. The summed E-state index contributed by atoms with van der Waals surface area (Å²) in [5.74, 6) is 0.202. The quantitative estimate of drug-likeness (QED) is 0.582. The first-order valence-corrected chi connectivity index (χ1v) is 10.8. The van der Waals surface area contributed by atoms with E-state index < -0.39 is 17.2 Å². The number of imide groups is 1. The minimum atomic E-state index is -0.877. The third kappa shape index (κ3) is 5.14. The van der Waals surface area contributed by atoms with Crippen molar-refractivity contribution < 1.29 is 9.59 Å². The van der Waals surface area contributed by atoms with E-state index in [1.807, 2.05) is 47.9 Å². The maximum Gasteiger partial charge on any atom is 0.318 e. The Morgan fingerprint density at radius 3 is 2.29 bits per heavy atom. The van der Waals surface area contributed by atoms with Crippen molar-refractivity contribution in [1.29, 1.82) is 0 Å². The van der Waals surface area contributed by atoms with Crippen LogP contribution in [0.2, 0.25) is 0 Å². The summed E-state index contributed by atoms with van der Waals surface area (Å²) in [6, 6.07) is 15.3. The lowest BCUT2D eigenvalue weighted by Gasteiger charge is -2.19. The standard InChI is InChI=1S/C23H27N5O2S/c1-14-8-6-7-9-18(14)28-19(16-10-12-17(13-11-16)23(3,4)5)26-27-22(28)31-15(2)20(29)25-21(24)30/h6-13,15H,1-5H3,(H3,24,25,29,30). The average Bonchev–Trinajstić information content (AvgIpc) is 3.10. The number of aromatic nitrogens is 3. The van der Waals surface area contributed by atoms with Gasteiger partial charge in [0.2, 0.25) is 5.91 Å². The second kappa shape index (κ2) is 8.93. The number of hydrogen-bond donors (Lipinski definition) is 2. The van der Waals surface area contributed by atoms with Crippen LogP contribution in [0.15, 0.2) is 53.7 Å². The van der Waals surface area contributed by atoms with Crippen molar-refractivity contribution in [2.75, 3.05) is 0 Å². The summed E-state index contributed by atoms with van der Waals surface area (Å²) in [5.41, 5.74) is 9.24. The topological polar surface area (TPSA) is 103 Å². The number of amides is 3. The van der Waals surface area contributed by atoms with Crippen LogP contribution in [-0.4, -0.2) is 32.0 Å². The van der Waals surface area contributed by atoms with Gasteiger partial charge >= 0.3 is 6.03 Å². The molecule has 8 heteroatoms. The van der Waals surface area contributed by atoms with Gasteiger partial charge in [-0.1, -0.05) is 75.0 Å². The van der Waals surface area contributed by atoms with Gasteiger partial charge in [-0.05, 0) is 36.5 Å². The van der Waals surface area contributed by atoms with Gasteiger partial charge in [0, 0.05) is 5.56 Å². The Morgan fingerprint density at radius 2 is 1.71 bits per heavy atom. The van der Waals surface area contributed by atoms with E-state index in [1.165, 1.54) is 17.3 Å². The molecule has 3 N–H and O–H groups in total. The summed E-state index contributed by atoms with van der Waals surface area (Å²) in [6.45, 7) is 10.2. The zero-order valence-corrected chi connectivity index (χ0v) is 19.2. The smallest absolute Gasteiger partial charge is 0.318 e. The molecule has 31 heavy (non-hydrogen) atoms. The van der Waals surface area contributed by atoms with Crippen molar-refractivity contribution in [3.05, 3.63) is 59.7 Å². The molecule has 1 unspecified atom stereocenters. The summed E-state index contributed by atoms with van der Waals surface area (Å²) < 4.78 is 1.94. The third-order valence-corrected chi connectivity index (χ3v) is 5.94. The molecule has 3 aromatic rings. The molecule has 0 saturated heterocycles. The lowest BCUT2D eigenvalue weighted by Crippen LogP contribution is -2.39. The number of thioether (sulfide) groups is 1. The second-order valence-electron chi connectivity index (χ2n) is 8.37. The van der Waals surface area contributed by atoms with E-state index in [-0.39, 0.29) is 5.41 Å². The van der Waals surface area contributed by atoms with E-state index in [0.717, 1.165) is 16.8 Å². The second-order valence-corrected chi connectivity index (χ2v) is 9.68. The van der Waals surface area contributed by atoms with Gasteiger partial charge in [-0.25, -0.2) is 4.79 Å². The Labute approximate surface area is 186 Å². The molecule has 0 aliphatic carbocycles. The molecule has 0 bridgehead atoms. The first kappa shape index (κ1) is 22.6. The number of hydrogen-bond acceptors (Lipinski definition) is 5. The summed E-state index contributed by atoms with van der Waals surface area (Å²) in [7, 11) is 0. The van der Waals surface area contributed by atoms with Crippen molar-refractivity contribution in [2.45, 2.75) is 50.4 Å². The maximum absolute atomic E-state index is 12.2. The van der Waals surface area contributed by atoms with Crippen molar-refractivity contribution >= 4 is 23.7 Å². The third-order valence-electron chi connectivity index (χ3n) is 4.90. The number of rotatable bonds is 5. The molecule has 162 valence electrons. The zero-order valence-electron chi connectivity index (χ0n) is 18.3. The first-order chi connectivity index (χ1) is 14.6. The molecule has 1 aromatic heterocycles. The number of primary amides is 1. The number of benzene rings is 2. The molecule has 1 atom stereocenters. The number of nitrogens with one attached hydrogen (secondary N) is 1. The van der Waals surface area contributed by atoms with E-state index >= 15 is 0 Å². The van der Waals surface area contributed by atoms with Crippen LogP contribution in [0.25, 0.3) is 17.1 Å². The molecular weight excluding hydrogens is 410 g/mol. The molecule has 0 radical (unpaired) electrons. The molecule has 0 fully saturated rings. The fourth-order valence-electron chi connectivity index (χ4n) is 3.12. The Bertz CT molecular complexity index is 1100. The van der Waals surface area contributed by atoms with Gasteiger partial charge < -0.3 is 5.73 Å². The normalized spacial score (nSPS) is 12.4. The largest absolute Gasteiger partial charge is 0.351 e. The predicted molar refractivity (Wildman–Crippen MR) is 123 cm³/mol. The molecule has 3 amide bonds. The number of aryl methyl sites for hydroxylation is 1. The van der Waals surface area contributed by atoms with Crippen LogP contribution in [0, 0.1) is 6.92 Å². The molecule has 0 aliphatic rings. The van der Waals surface area contributed by atoms with E-state index in [4.69, 9.17) is 5.73 Å². The van der Waals surface area contributed by atoms with E-state index in [2.05, 4.69) is 48.4 Å². The lowest BCUT2D eigenvalue weighted by atomic mass is 9.87. The van der Waals surface area contributed by atoms with Gasteiger partial charge in [0.1, 0.15) is 0 Å². The fraction of sp³-hybridized carbons (Fsp3) is 0.304. The molecule has 0 saturated carbocycles. The minimum absolute atomic E-state index is 0.0481. The lowest BCUT2D eigenvalue weighted by molar-refractivity contribution is -0.119. The van der Waals surface area contributed by atoms with Gasteiger partial charge in [0.15, 0.2) is 11.0 Å². The number of nitrogens with zero attached hydrogens (tertiary/aromatic N) is 3. The number of para-hydroxylation sites is 1. The molecule has 0 aliphatic heterocycles. The van der Waals surface area contributed by atoms with E-state index in [0.29, 0.717) is 11.0 Å². The molecule has 7 nitrogen and oxygen atoms in total. The van der Waals surface area contributed by atoms with Crippen LogP contribution in [0.4, 0.5) is 4.79 Å². The van der Waals surface area contributed by atoms with Gasteiger partial charge in [-0.2, -0.15) is 0 Å². The molecule has 0 spiro atoms. The van der Waals surface area contributed by atoms with Crippen LogP contribution < -0.4 is 11.1 Å². The van der Waals surface area contributed by atoms with Crippen LogP contribution in [0.1, 0.15) is 38.8 Å². The maximum atomic E-state index is 12.2. The number of carbonyl (C=O) groups excluding carboxylic acids is 2. The van der Waals surface area contributed by atoms with Gasteiger partial charge in [-0.15, -0.1) is 10.2 Å². The number of urea groups is 1. The summed E-state index contributed by atoms with van der Waals surface area (Å²) in [6.07, 6.45) is 0. The van der Waals surface area contributed by atoms with Gasteiger partial charge in [0.25, 0.3) is 0 Å². The minimum Gasteiger partial charge on any atom is -0.351 e. The Hall–Kier alpha value is -3.13. The zero-order chi connectivity index (χ0) is 22.8. The molecule has 1 heterocycles. The monoisotopic (exact) mass is 437 g/mol. The Morgan fingerprint density at radius 1 is 1.06 bits per heavy atom. The highest BCUT2D eigenvalue weighted by atomic mass is 32.2. The molecule has 2 aromatic carbocycles. The van der Waals surface area contributed by atoms with E-state index in [1.54, 1.807) is 6.92 Å². The van der Waals surface area contributed by atoms with Crippen LogP contribution >= 0.6 is 11.8 Å². The van der Waals surface area contributed by atoms with Gasteiger partial charge in [0.05, 0.1) is 10.9 Å². The summed E-state index contributed by atoms with van der Waals surface area (Å²) >= 11 is 1.22. The fourth-order valence-corrected chi connectivity index (χ4v) is 3.98. The highest BCUT2D eigenvalue weighted by molar-refractivity contribution is 8.00. The SMILES string of the molecule is Cc1ccccc1-n1c(SC(C)C(=O)NC(N)=O)nnc1-c1ccc(C(C)(C)C)cc1. The van der Waals surface area contributed by atoms with Crippen LogP contribution in [-0.2, 0) is 10.2 Å².